The zero-order valence-electron chi connectivity index (χ0n) is 15.3. The van der Waals surface area contributed by atoms with E-state index in [0.29, 0.717) is 11.3 Å². The Morgan fingerprint density at radius 3 is 2.71 bits per heavy atom. The Labute approximate surface area is 149 Å². The Bertz CT molecular complexity index is 767. The van der Waals surface area contributed by atoms with Crippen LogP contribution in [0.4, 0.5) is 5.69 Å². The lowest BCUT2D eigenvalue weighted by molar-refractivity contribution is 0.102. The van der Waals surface area contributed by atoms with Gasteiger partial charge in [0.25, 0.3) is 5.91 Å². The van der Waals surface area contributed by atoms with Crippen molar-refractivity contribution in [1.82, 2.24) is 0 Å². The normalized spacial score (nSPS) is 17.5. The molecular weight excluding hydrogens is 314 g/mol. The number of carbonyl (C=O) groups is 1. The molecule has 0 saturated heterocycles. The summed E-state index contributed by atoms with van der Waals surface area (Å²) in [5.41, 5.74) is 5.68. The topological polar surface area (TPSA) is 29.1 Å². The number of fused-ring (bicyclic) bond motifs is 1. The van der Waals surface area contributed by atoms with E-state index in [4.69, 9.17) is 0 Å². The summed E-state index contributed by atoms with van der Waals surface area (Å²) < 4.78 is 0. The molecule has 2 nitrogen and oxygen atoms in total. The van der Waals surface area contributed by atoms with Crippen LogP contribution in [-0.2, 0) is 12.8 Å². The van der Waals surface area contributed by atoms with Gasteiger partial charge in [0.05, 0.1) is 5.56 Å². The number of hydrogen-bond acceptors (Lipinski definition) is 2. The number of rotatable bonds is 2. The third kappa shape index (κ3) is 3.41. The van der Waals surface area contributed by atoms with Crippen molar-refractivity contribution in [2.75, 3.05) is 5.32 Å². The van der Waals surface area contributed by atoms with Crippen molar-refractivity contribution < 1.29 is 4.79 Å². The van der Waals surface area contributed by atoms with E-state index in [-0.39, 0.29) is 5.91 Å². The predicted octanol–water partition coefficient (Wildman–Crippen LogP) is 5.77. The fourth-order valence-electron chi connectivity index (χ4n) is 3.50. The molecule has 0 aliphatic heterocycles. The van der Waals surface area contributed by atoms with Gasteiger partial charge >= 0.3 is 0 Å². The van der Waals surface area contributed by atoms with Crippen molar-refractivity contribution in [3.63, 3.8) is 0 Å². The molecule has 1 aromatic carbocycles. The highest BCUT2D eigenvalue weighted by Crippen LogP contribution is 2.40. The molecule has 1 aromatic heterocycles. The SMILES string of the molecule is Cc1ccc(C)c(NC(=O)c2csc3c2CCC(C(C)(C)C)C3)c1. The minimum absolute atomic E-state index is 0.0374. The van der Waals surface area contributed by atoms with Crippen molar-refractivity contribution in [3.05, 3.63) is 50.7 Å². The van der Waals surface area contributed by atoms with Crippen LogP contribution in [-0.4, -0.2) is 5.91 Å². The lowest BCUT2D eigenvalue weighted by Gasteiger charge is -2.34. The van der Waals surface area contributed by atoms with E-state index in [9.17, 15) is 4.79 Å². The van der Waals surface area contributed by atoms with Crippen molar-refractivity contribution in [1.29, 1.82) is 0 Å². The molecule has 1 atom stereocenters. The number of carbonyl (C=O) groups excluding carboxylic acids is 1. The van der Waals surface area contributed by atoms with Gasteiger partial charge in [-0.05, 0) is 67.2 Å². The van der Waals surface area contributed by atoms with Gasteiger partial charge in [-0.15, -0.1) is 11.3 Å². The minimum Gasteiger partial charge on any atom is -0.322 e. The molecule has 1 N–H and O–H groups in total. The number of amides is 1. The maximum absolute atomic E-state index is 12.8. The van der Waals surface area contributed by atoms with Gasteiger partial charge in [0.2, 0.25) is 0 Å². The highest BCUT2D eigenvalue weighted by atomic mass is 32.1. The molecule has 0 saturated carbocycles. The number of anilines is 1. The second-order valence-electron chi connectivity index (χ2n) is 8.13. The zero-order chi connectivity index (χ0) is 17.5. The smallest absolute Gasteiger partial charge is 0.256 e. The van der Waals surface area contributed by atoms with Crippen LogP contribution in [0, 0.1) is 25.2 Å². The molecule has 3 rings (SSSR count). The van der Waals surface area contributed by atoms with E-state index in [0.717, 1.165) is 35.2 Å². The van der Waals surface area contributed by atoms with Gasteiger partial charge in [-0.2, -0.15) is 0 Å². The van der Waals surface area contributed by atoms with Crippen molar-refractivity contribution in [3.8, 4) is 0 Å². The molecule has 128 valence electrons. The van der Waals surface area contributed by atoms with Crippen LogP contribution in [0.1, 0.15) is 59.1 Å². The standard InChI is InChI=1S/C21H27NOS/c1-13-6-7-14(2)18(10-13)22-20(23)17-12-24-19-11-15(21(3,4)5)8-9-16(17)19/h6-7,10,12,15H,8-9,11H2,1-5H3,(H,22,23). The first-order chi connectivity index (χ1) is 11.3. The molecule has 1 heterocycles. The Morgan fingerprint density at radius 1 is 1.25 bits per heavy atom. The van der Waals surface area contributed by atoms with Gasteiger partial charge in [0, 0.05) is 15.9 Å². The third-order valence-electron chi connectivity index (χ3n) is 5.27. The molecule has 0 spiro atoms. The number of thiophene rings is 1. The predicted molar refractivity (Wildman–Crippen MR) is 103 cm³/mol. The summed E-state index contributed by atoms with van der Waals surface area (Å²) in [6.07, 6.45) is 3.31. The van der Waals surface area contributed by atoms with E-state index in [2.05, 4.69) is 43.6 Å². The molecular formula is C21H27NOS. The van der Waals surface area contributed by atoms with Gasteiger partial charge in [0.15, 0.2) is 0 Å². The molecule has 0 fully saturated rings. The summed E-state index contributed by atoms with van der Waals surface area (Å²) in [5, 5.41) is 5.16. The summed E-state index contributed by atoms with van der Waals surface area (Å²) in [7, 11) is 0. The van der Waals surface area contributed by atoms with Gasteiger partial charge in [-0.3, -0.25) is 4.79 Å². The largest absolute Gasteiger partial charge is 0.322 e. The van der Waals surface area contributed by atoms with Crippen molar-refractivity contribution >= 4 is 22.9 Å². The minimum atomic E-state index is 0.0374. The van der Waals surface area contributed by atoms with Gasteiger partial charge in [0.1, 0.15) is 0 Å². The maximum atomic E-state index is 12.8. The van der Waals surface area contributed by atoms with E-state index >= 15 is 0 Å². The number of benzene rings is 1. The highest BCUT2D eigenvalue weighted by Gasteiger charge is 2.31. The van der Waals surface area contributed by atoms with Crippen LogP contribution >= 0.6 is 11.3 Å². The molecule has 1 aliphatic rings. The van der Waals surface area contributed by atoms with Gasteiger partial charge < -0.3 is 5.32 Å². The van der Waals surface area contributed by atoms with Gasteiger partial charge in [-0.1, -0.05) is 32.9 Å². The first-order valence-corrected chi connectivity index (χ1v) is 9.61. The summed E-state index contributed by atoms with van der Waals surface area (Å²) >= 11 is 1.76. The Morgan fingerprint density at radius 2 is 2.00 bits per heavy atom. The molecule has 24 heavy (non-hydrogen) atoms. The number of aryl methyl sites for hydroxylation is 2. The number of nitrogens with one attached hydrogen (secondary N) is 1. The average molecular weight is 342 g/mol. The summed E-state index contributed by atoms with van der Waals surface area (Å²) in [6.45, 7) is 11.1. The van der Waals surface area contributed by atoms with Crippen LogP contribution in [0.25, 0.3) is 0 Å². The van der Waals surface area contributed by atoms with Crippen LogP contribution < -0.4 is 5.32 Å². The summed E-state index contributed by atoms with van der Waals surface area (Å²) in [4.78, 5) is 14.2. The monoisotopic (exact) mass is 341 g/mol. The first-order valence-electron chi connectivity index (χ1n) is 8.73. The summed E-state index contributed by atoms with van der Waals surface area (Å²) in [6, 6.07) is 6.17. The Balaban J connectivity index is 1.81. The Hall–Kier alpha value is -1.61. The van der Waals surface area contributed by atoms with E-state index in [1.54, 1.807) is 11.3 Å². The van der Waals surface area contributed by atoms with Crippen LogP contribution in [0.5, 0.6) is 0 Å². The third-order valence-corrected chi connectivity index (χ3v) is 6.32. The molecule has 2 aromatic rings. The lowest BCUT2D eigenvalue weighted by Crippen LogP contribution is -2.27. The molecule has 0 radical (unpaired) electrons. The molecule has 1 unspecified atom stereocenters. The van der Waals surface area contributed by atoms with Gasteiger partial charge in [-0.25, -0.2) is 0 Å². The second-order valence-corrected chi connectivity index (χ2v) is 9.09. The van der Waals surface area contributed by atoms with E-state index < -0.39 is 0 Å². The fraction of sp³-hybridized carbons (Fsp3) is 0.476. The molecule has 0 bridgehead atoms. The van der Waals surface area contributed by atoms with E-state index in [1.165, 1.54) is 16.9 Å². The van der Waals surface area contributed by atoms with E-state index in [1.807, 2.05) is 19.9 Å². The summed E-state index contributed by atoms with van der Waals surface area (Å²) in [5.74, 6) is 0.744. The lowest BCUT2D eigenvalue weighted by atomic mass is 9.72. The second kappa shape index (κ2) is 6.36. The number of hydrogen-bond donors (Lipinski definition) is 1. The molecule has 1 aliphatic carbocycles. The average Bonchev–Trinajstić information content (AvgIpc) is 2.93. The fourth-order valence-corrected chi connectivity index (χ4v) is 4.66. The maximum Gasteiger partial charge on any atom is 0.256 e. The van der Waals surface area contributed by atoms with Crippen LogP contribution in [0.3, 0.4) is 0 Å². The van der Waals surface area contributed by atoms with Crippen LogP contribution in [0.15, 0.2) is 23.6 Å². The van der Waals surface area contributed by atoms with Crippen molar-refractivity contribution in [2.45, 2.75) is 53.9 Å². The molecule has 3 heteroatoms. The van der Waals surface area contributed by atoms with Crippen molar-refractivity contribution in [2.24, 2.45) is 11.3 Å². The zero-order valence-corrected chi connectivity index (χ0v) is 16.1. The molecule has 1 amide bonds. The Kier molecular flexibility index (Phi) is 4.56. The highest BCUT2D eigenvalue weighted by molar-refractivity contribution is 7.10. The van der Waals surface area contributed by atoms with Crippen LogP contribution in [0.2, 0.25) is 0 Å². The first kappa shape index (κ1) is 17.2. The quantitative estimate of drug-likeness (QED) is 0.738.